The van der Waals surface area contributed by atoms with Crippen molar-refractivity contribution in [2.24, 2.45) is 0 Å². The van der Waals surface area contributed by atoms with Crippen molar-refractivity contribution >= 4 is 38.9 Å². The van der Waals surface area contributed by atoms with Crippen LogP contribution in [0.3, 0.4) is 0 Å². The van der Waals surface area contributed by atoms with Gasteiger partial charge < -0.3 is 10.1 Å². The Balaban J connectivity index is 1.38. The molecule has 1 heterocycles. The van der Waals surface area contributed by atoms with Gasteiger partial charge in [-0.15, -0.1) is 0 Å². The van der Waals surface area contributed by atoms with E-state index in [1.54, 1.807) is 42.7 Å². The number of rotatable bonds is 11. The van der Waals surface area contributed by atoms with Gasteiger partial charge in [-0.05, 0) is 78.6 Å². The number of carbonyl (C=O) groups excluding carboxylic acids is 1. The number of benzene rings is 3. The maximum atomic E-state index is 12.7. The zero-order valence-electron chi connectivity index (χ0n) is 20.9. The molecule has 4 rings (SSSR count). The van der Waals surface area contributed by atoms with E-state index in [1.807, 2.05) is 54.6 Å². The minimum atomic E-state index is -3.68. The fourth-order valence-corrected chi connectivity index (χ4v) is 5.03. The van der Waals surface area contributed by atoms with Gasteiger partial charge in [0, 0.05) is 36.1 Å². The zero-order valence-corrected chi connectivity index (χ0v) is 22.5. The van der Waals surface area contributed by atoms with Gasteiger partial charge >= 0.3 is 0 Å². The highest BCUT2D eigenvalue weighted by molar-refractivity contribution is 7.92. The smallest absolute Gasteiger partial charge is 0.232 e. The lowest BCUT2D eigenvalue weighted by molar-refractivity contribution is -0.116. The fourth-order valence-electron chi connectivity index (χ4n) is 3.90. The molecule has 0 saturated carbocycles. The molecule has 0 spiro atoms. The highest BCUT2D eigenvalue weighted by Gasteiger charge is 2.22. The molecule has 7 nitrogen and oxygen atoms in total. The third-order valence-corrected chi connectivity index (χ3v) is 7.14. The number of anilines is 2. The molecular formula is C29H28ClN3O4S. The first-order valence-electron chi connectivity index (χ1n) is 12.1. The average molecular weight is 550 g/mol. The van der Waals surface area contributed by atoms with Crippen molar-refractivity contribution in [1.82, 2.24) is 4.98 Å². The van der Waals surface area contributed by atoms with Crippen LogP contribution in [0.1, 0.15) is 24.0 Å². The maximum Gasteiger partial charge on any atom is 0.232 e. The Kier molecular flexibility index (Phi) is 8.99. The number of sulfonamides is 1. The van der Waals surface area contributed by atoms with Crippen LogP contribution in [0.4, 0.5) is 11.4 Å². The summed E-state index contributed by atoms with van der Waals surface area (Å²) in [5.41, 5.74) is 3.27. The molecule has 1 amide bonds. The van der Waals surface area contributed by atoms with Gasteiger partial charge in [0.2, 0.25) is 15.9 Å². The van der Waals surface area contributed by atoms with E-state index in [-0.39, 0.29) is 18.9 Å². The lowest BCUT2D eigenvalue weighted by atomic mass is 10.1. The van der Waals surface area contributed by atoms with Crippen LogP contribution in [0.5, 0.6) is 11.5 Å². The molecule has 0 aliphatic rings. The number of pyridine rings is 1. The Labute approximate surface area is 228 Å². The van der Waals surface area contributed by atoms with Crippen molar-refractivity contribution in [3.63, 3.8) is 0 Å². The maximum absolute atomic E-state index is 12.7. The second-order valence-electron chi connectivity index (χ2n) is 8.74. The van der Waals surface area contributed by atoms with E-state index < -0.39 is 10.0 Å². The van der Waals surface area contributed by atoms with Crippen molar-refractivity contribution in [1.29, 1.82) is 0 Å². The quantitative estimate of drug-likeness (QED) is 0.237. The van der Waals surface area contributed by atoms with Crippen molar-refractivity contribution in [2.45, 2.75) is 19.3 Å². The summed E-state index contributed by atoms with van der Waals surface area (Å²) in [7, 11) is -3.68. The topological polar surface area (TPSA) is 88.6 Å². The number of amides is 1. The van der Waals surface area contributed by atoms with Crippen LogP contribution in [-0.4, -0.2) is 32.1 Å². The fraction of sp³-hybridized carbons (Fsp3) is 0.172. The first-order valence-corrected chi connectivity index (χ1v) is 14.3. The van der Waals surface area contributed by atoms with Gasteiger partial charge in [0.05, 0.1) is 11.9 Å². The summed E-state index contributed by atoms with van der Waals surface area (Å²) in [5.74, 6) is 0.713. The Morgan fingerprint density at radius 2 is 1.63 bits per heavy atom. The number of halogens is 1. The van der Waals surface area contributed by atoms with Gasteiger partial charge in [0.25, 0.3) is 0 Å². The van der Waals surface area contributed by atoms with Crippen LogP contribution in [0.2, 0.25) is 5.02 Å². The largest absolute Gasteiger partial charge is 0.455 e. The van der Waals surface area contributed by atoms with Crippen LogP contribution in [0.25, 0.3) is 0 Å². The zero-order chi connectivity index (χ0) is 27.0. The average Bonchev–Trinajstić information content (AvgIpc) is 2.89. The molecule has 9 heteroatoms. The molecule has 0 aliphatic carbocycles. The summed E-state index contributed by atoms with van der Waals surface area (Å²) in [6.45, 7) is 0.0859. The summed E-state index contributed by atoms with van der Waals surface area (Å²) in [5, 5.41) is 3.25. The molecule has 0 aliphatic heterocycles. The van der Waals surface area contributed by atoms with Gasteiger partial charge in [-0.1, -0.05) is 41.9 Å². The van der Waals surface area contributed by atoms with Crippen molar-refractivity contribution < 1.29 is 17.9 Å². The van der Waals surface area contributed by atoms with Gasteiger partial charge in [-0.3, -0.25) is 14.1 Å². The minimum absolute atomic E-state index is 0.0859. The number of nitrogens with one attached hydrogen (secondary N) is 1. The molecule has 38 heavy (non-hydrogen) atoms. The number of carbonyl (C=O) groups is 1. The third-order valence-electron chi connectivity index (χ3n) is 5.72. The van der Waals surface area contributed by atoms with Crippen molar-refractivity contribution in [3.05, 3.63) is 113 Å². The molecule has 0 saturated heterocycles. The van der Waals surface area contributed by atoms with E-state index in [0.29, 0.717) is 34.3 Å². The van der Waals surface area contributed by atoms with Gasteiger partial charge in [0.1, 0.15) is 5.75 Å². The number of aromatic nitrogens is 1. The molecule has 1 aromatic heterocycles. The van der Waals surface area contributed by atoms with Crippen molar-refractivity contribution in [2.75, 3.05) is 22.4 Å². The molecule has 4 aromatic rings. The van der Waals surface area contributed by atoms with E-state index in [1.165, 1.54) is 4.31 Å². The van der Waals surface area contributed by atoms with Gasteiger partial charge in [-0.2, -0.15) is 0 Å². The first kappa shape index (κ1) is 27.2. The lowest BCUT2D eigenvalue weighted by Gasteiger charge is -2.25. The summed E-state index contributed by atoms with van der Waals surface area (Å²) < 4.78 is 32.6. The minimum Gasteiger partial charge on any atom is -0.455 e. The highest BCUT2D eigenvalue weighted by atomic mass is 35.5. The molecule has 196 valence electrons. The summed E-state index contributed by atoms with van der Waals surface area (Å²) in [4.78, 5) is 16.6. The van der Waals surface area contributed by atoms with Gasteiger partial charge in [0.15, 0.2) is 5.75 Å². The second kappa shape index (κ2) is 12.6. The van der Waals surface area contributed by atoms with E-state index in [2.05, 4.69) is 10.3 Å². The monoisotopic (exact) mass is 549 g/mol. The molecular weight excluding hydrogens is 522 g/mol. The summed E-state index contributed by atoms with van der Waals surface area (Å²) in [6, 6.07) is 25.5. The van der Waals surface area contributed by atoms with E-state index in [9.17, 15) is 13.2 Å². The molecule has 0 bridgehead atoms. The van der Waals surface area contributed by atoms with E-state index >= 15 is 0 Å². The normalized spacial score (nSPS) is 11.1. The van der Waals surface area contributed by atoms with Crippen LogP contribution >= 0.6 is 11.6 Å². The number of hydrogen-bond acceptors (Lipinski definition) is 5. The van der Waals surface area contributed by atoms with Gasteiger partial charge in [-0.25, -0.2) is 8.42 Å². The number of para-hydroxylation sites is 1. The number of hydrogen-bond donors (Lipinski definition) is 1. The first-order chi connectivity index (χ1) is 18.3. The van der Waals surface area contributed by atoms with Crippen LogP contribution in [-0.2, 0) is 21.2 Å². The van der Waals surface area contributed by atoms with E-state index in [4.69, 9.17) is 16.3 Å². The molecule has 0 atom stereocenters. The summed E-state index contributed by atoms with van der Waals surface area (Å²) in [6.07, 6.45) is 5.86. The standard InChI is InChI=1S/C29H28ClN3O4S/c1-38(35,36)33(27-21-24(30)11-14-28(27)37-26-6-3-2-4-7-26)19-5-8-29(34)32-25-12-9-22(10-13-25)20-23-15-17-31-18-16-23/h2-4,6-7,9-18,21H,5,8,19-20H2,1H3,(H,32,34). The predicted octanol–water partition coefficient (Wildman–Crippen LogP) is 6.30. The Bertz CT molecular complexity index is 1470. The molecule has 0 radical (unpaired) electrons. The Morgan fingerprint density at radius 3 is 2.32 bits per heavy atom. The highest BCUT2D eigenvalue weighted by Crippen LogP contribution is 2.36. The van der Waals surface area contributed by atoms with Crippen LogP contribution in [0, 0.1) is 0 Å². The third kappa shape index (κ3) is 7.81. The SMILES string of the molecule is CS(=O)(=O)N(CCCC(=O)Nc1ccc(Cc2ccncc2)cc1)c1cc(Cl)ccc1Oc1ccccc1. The molecule has 3 aromatic carbocycles. The Morgan fingerprint density at radius 1 is 0.947 bits per heavy atom. The Hall–Kier alpha value is -3.88. The lowest BCUT2D eigenvalue weighted by Crippen LogP contribution is -2.31. The van der Waals surface area contributed by atoms with Crippen LogP contribution in [0.15, 0.2) is 97.3 Å². The van der Waals surface area contributed by atoms with E-state index in [0.717, 1.165) is 23.8 Å². The number of nitrogens with zero attached hydrogens (tertiary/aromatic N) is 2. The summed E-state index contributed by atoms with van der Waals surface area (Å²) >= 11 is 6.20. The number of ether oxygens (including phenoxy) is 1. The predicted molar refractivity (Wildman–Crippen MR) is 152 cm³/mol. The second-order valence-corrected chi connectivity index (χ2v) is 11.1. The van der Waals surface area contributed by atoms with Crippen molar-refractivity contribution in [3.8, 4) is 11.5 Å². The molecule has 1 N–H and O–H groups in total. The molecule has 0 fully saturated rings. The molecule has 0 unspecified atom stereocenters. The van der Waals surface area contributed by atoms with Crippen LogP contribution < -0.4 is 14.4 Å².